The number of benzene rings is 1. The Hall–Kier alpha value is -2.24. The predicted octanol–water partition coefficient (Wildman–Crippen LogP) is 0.854. The summed E-state index contributed by atoms with van der Waals surface area (Å²) in [5, 5.41) is 1.09. The van der Waals surface area contributed by atoms with Gasteiger partial charge in [-0.15, -0.1) is 0 Å². The minimum Gasteiger partial charge on any atom is -0.464 e. The first-order chi connectivity index (χ1) is 12.5. The zero-order valence-electron chi connectivity index (χ0n) is 15.2. The number of hydrazine groups is 1. The second-order valence-corrected chi connectivity index (χ2v) is 6.64. The van der Waals surface area contributed by atoms with Crippen LogP contribution in [-0.4, -0.2) is 44.8 Å². The monoisotopic (exact) mass is 450 g/mol. The van der Waals surface area contributed by atoms with Gasteiger partial charge in [0.1, 0.15) is 0 Å². The van der Waals surface area contributed by atoms with Crippen molar-refractivity contribution in [2.45, 2.75) is 12.5 Å². The van der Waals surface area contributed by atoms with Gasteiger partial charge in [-0.25, -0.2) is 23.8 Å². The fourth-order valence-electron chi connectivity index (χ4n) is 2.32. The van der Waals surface area contributed by atoms with Crippen LogP contribution < -0.4 is 16.9 Å². The van der Waals surface area contributed by atoms with Crippen LogP contribution in [-0.2, 0) is 24.6 Å². The molecule has 0 spiro atoms. The van der Waals surface area contributed by atoms with E-state index in [4.69, 9.17) is 11.5 Å². The smallest absolute Gasteiger partial charge is 0.358 e. The Kier molecular flexibility index (Phi) is 7.69. The van der Waals surface area contributed by atoms with Gasteiger partial charge in [-0.2, -0.15) is 0 Å². The minimum absolute atomic E-state index is 0.157. The van der Waals surface area contributed by atoms with Crippen LogP contribution in [0.4, 0.5) is 8.78 Å². The van der Waals surface area contributed by atoms with Crippen molar-refractivity contribution < 1.29 is 27.8 Å². The summed E-state index contributed by atoms with van der Waals surface area (Å²) in [6.45, 7) is 1.14. The fraction of sp³-hybridized carbons (Fsp3) is 0.375. The quantitative estimate of drug-likeness (QED) is 0.242. The van der Waals surface area contributed by atoms with Crippen molar-refractivity contribution in [1.82, 2.24) is 10.4 Å². The summed E-state index contributed by atoms with van der Waals surface area (Å²) < 4.78 is 37.5. The first-order valence-electron chi connectivity index (χ1n) is 7.55. The molecular formula is C16H21BrF2N4O4. The summed E-state index contributed by atoms with van der Waals surface area (Å²) in [6, 6.07) is 2.28. The van der Waals surface area contributed by atoms with Crippen LogP contribution in [0.5, 0.6) is 0 Å². The number of halogens is 3. The third kappa shape index (κ3) is 5.15. The average Bonchev–Trinajstić information content (AvgIpc) is 2.62. The van der Waals surface area contributed by atoms with Gasteiger partial charge >= 0.3 is 11.9 Å². The van der Waals surface area contributed by atoms with E-state index in [1.807, 2.05) is 0 Å². The molecule has 0 amide bonds. The summed E-state index contributed by atoms with van der Waals surface area (Å²) in [6.07, 6.45) is 0. The molecule has 27 heavy (non-hydrogen) atoms. The van der Waals surface area contributed by atoms with Gasteiger partial charge < -0.3 is 20.9 Å². The number of carbonyl (C=O) groups is 2. The summed E-state index contributed by atoms with van der Waals surface area (Å²) in [5.41, 5.74) is 11.9. The van der Waals surface area contributed by atoms with Gasteiger partial charge in [-0.1, -0.05) is 15.9 Å². The first kappa shape index (κ1) is 22.8. The van der Waals surface area contributed by atoms with Crippen LogP contribution in [0.3, 0.4) is 0 Å². The van der Waals surface area contributed by atoms with E-state index in [9.17, 15) is 18.4 Å². The Morgan fingerprint density at radius 3 is 2.30 bits per heavy atom. The van der Waals surface area contributed by atoms with Crippen LogP contribution in [0, 0.1) is 11.6 Å². The van der Waals surface area contributed by atoms with Gasteiger partial charge in [0.05, 0.1) is 26.3 Å². The molecule has 1 rings (SSSR count). The van der Waals surface area contributed by atoms with E-state index < -0.39 is 34.8 Å². The van der Waals surface area contributed by atoms with Crippen molar-refractivity contribution in [2.24, 2.45) is 11.5 Å². The molecule has 0 saturated heterocycles. The van der Waals surface area contributed by atoms with E-state index in [1.165, 1.54) is 20.0 Å². The van der Waals surface area contributed by atoms with E-state index in [-0.39, 0.29) is 22.3 Å². The van der Waals surface area contributed by atoms with E-state index in [1.54, 1.807) is 0 Å². The third-order valence-electron chi connectivity index (χ3n) is 3.67. The Bertz CT molecular complexity index is 771. The molecule has 0 bridgehead atoms. The SMILES string of the molecule is CNN(C[C@](C)(N)c1cc(Br)cc(F)c1F)/C(C(=O)OC)=C(\N)C(=O)OC. The Balaban J connectivity index is 3.43. The lowest BCUT2D eigenvalue weighted by Crippen LogP contribution is -2.51. The van der Waals surface area contributed by atoms with Crippen LogP contribution in [0.15, 0.2) is 28.0 Å². The number of hydrogen-bond donors (Lipinski definition) is 3. The van der Waals surface area contributed by atoms with E-state index in [0.29, 0.717) is 0 Å². The number of hydrogen-bond acceptors (Lipinski definition) is 8. The molecule has 0 aliphatic carbocycles. The van der Waals surface area contributed by atoms with Gasteiger partial charge in [0.2, 0.25) is 0 Å². The maximum atomic E-state index is 14.3. The Morgan fingerprint density at radius 2 is 1.81 bits per heavy atom. The van der Waals surface area contributed by atoms with E-state index in [2.05, 4.69) is 30.8 Å². The van der Waals surface area contributed by atoms with Crippen molar-refractivity contribution >= 4 is 27.9 Å². The number of ether oxygens (including phenoxy) is 2. The van der Waals surface area contributed by atoms with Crippen LogP contribution in [0.1, 0.15) is 12.5 Å². The van der Waals surface area contributed by atoms with E-state index in [0.717, 1.165) is 25.3 Å². The maximum absolute atomic E-state index is 14.3. The minimum atomic E-state index is -1.51. The highest BCUT2D eigenvalue weighted by Gasteiger charge is 2.34. The van der Waals surface area contributed by atoms with Gasteiger partial charge in [-0.3, -0.25) is 5.01 Å². The number of nitrogens with one attached hydrogen (secondary N) is 1. The lowest BCUT2D eigenvalue weighted by Gasteiger charge is -2.34. The third-order valence-corrected chi connectivity index (χ3v) is 4.13. The normalized spacial score (nSPS) is 14.1. The highest BCUT2D eigenvalue weighted by Crippen LogP contribution is 2.28. The Labute approximate surface area is 163 Å². The molecule has 8 nitrogen and oxygen atoms in total. The number of nitrogens with two attached hydrogens (primary N) is 2. The summed E-state index contributed by atoms with van der Waals surface area (Å²) in [4.78, 5) is 23.9. The number of esters is 2. The highest BCUT2D eigenvalue weighted by molar-refractivity contribution is 9.10. The molecule has 1 atom stereocenters. The molecule has 5 N–H and O–H groups in total. The van der Waals surface area contributed by atoms with Crippen LogP contribution in [0.25, 0.3) is 0 Å². The number of nitrogens with zero attached hydrogens (tertiary/aromatic N) is 1. The molecule has 0 unspecified atom stereocenters. The first-order valence-corrected chi connectivity index (χ1v) is 8.34. The molecule has 0 fully saturated rings. The van der Waals surface area contributed by atoms with Crippen molar-refractivity contribution in [3.05, 3.63) is 45.2 Å². The van der Waals surface area contributed by atoms with Crippen LogP contribution >= 0.6 is 15.9 Å². The zero-order chi connectivity index (χ0) is 20.9. The second kappa shape index (κ2) is 9.11. The molecular weight excluding hydrogens is 430 g/mol. The molecule has 0 aliphatic rings. The van der Waals surface area contributed by atoms with Crippen molar-refractivity contribution in [2.75, 3.05) is 27.8 Å². The standard InChI is InChI=1S/C16H21BrF2N4O4/c1-16(21,9-5-8(17)6-10(18)11(9)19)7-23(22-2)13(15(25)27-4)12(20)14(24)26-3/h5-6,22H,7,20-21H2,1-4H3/b13-12-/t16-/m0/s1. The Morgan fingerprint density at radius 1 is 1.26 bits per heavy atom. The molecule has 11 heteroatoms. The van der Waals surface area contributed by atoms with Gasteiger partial charge in [0.25, 0.3) is 0 Å². The van der Waals surface area contributed by atoms with Gasteiger partial charge in [0.15, 0.2) is 23.0 Å². The molecule has 0 radical (unpaired) electrons. The molecule has 1 aromatic carbocycles. The average molecular weight is 451 g/mol. The molecule has 150 valence electrons. The molecule has 0 heterocycles. The maximum Gasteiger partial charge on any atom is 0.358 e. The molecule has 0 aromatic heterocycles. The van der Waals surface area contributed by atoms with Crippen molar-refractivity contribution in [3.8, 4) is 0 Å². The zero-order valence-corrected chi connectivity index (χ0v) is 16.8. The summed E-state index contributed by atoms with van der Waals surface area (Å²) in [5.74, 6) is -4.16. The molecule has 1 aromatic rings. The second-order valence-electron chi connectivity index (χ2n) is 5.72. The largest absolute Gasteiger partial charge is 0.464 e. The molecule has 0 saturated carbocycles. The molecule has 0 aliphatic heterocycles. The summed E-state index contributed by atoms with van der Waals surface area (Å²) in [7, 11) is 3.59. The van der Waals surface area contributed by atoms with E-state index >= 15 is 0 Å². The highest BCUT2D eigenvalue weighted by atomic mass is 79.9. The fourth-order valence-corrected chi connectivity index (χ4v) is 2.75. The van der Waals surface area contributed by atoms with Crippen molar-refractivity contribution in [1.29, 1.82) is 0 Å². The number of methoxy groups -OCH3 is 2. The summed E-state index contributed by atoms with van der Waals surface area (Å²) >= 11 is 3.08. The topological polar surface area (TPSA) is 120 Å². The number of carbonyl (C=O) groups excluding carboxylic acids is 2. The van der Waals surface area contributed by atoms with Gasteiger partial charge in [-0.05, 0) is 19.1 Å². The predicted molar refractivity (Wildman–Crippen MR) is 96.6 cm³/mol. The van der Waals surface area contributed by atoms with Gasteiger partial charge in [0, 0.05) is 17.1 Å². The van der Waals surface area contributed by atoms with Crippen molar-refractivity contribution in [3.63, 3.8) is 0 Å². The lowest BCUT2D eigenvalue weighted by molar-refractivity contribution is -0.141. The van der Waals surface area contributed by atoms with Crippen LogP contribution in [0.2, 0.25) is 0 Å². The number of rotatable bonds is 7. The lowest BCUT2D eigenvalue weighted by atomic mass is 9.92.